The Balaban J connectivity index is 2.05. The lowest BCUT2D eigenvalue weighted by Gasteiger charge is -2.22. The van der Waals surface area contributed by atoms with Gasteiger partial charge in [-0.25, -0.2) is 0 Å². The van der Waals surface area contributed by atoms with Crippen LogP contribution in [0.15, 0.2) is 18.2 Å². The number of carbonyl (C=O) groups is 2. The van der Waals surface area contributed by atoms with E-state index in [4.69, 9.17) is 0 Å². The van der Waals surface area contributed by atoms with Gasteiger partial charge in [0, 0.05) is 12.1 Å². The second-order valence-corrected chi connectivity index (χ2v) is 4.52. The van der Waals surface area contributed by atoms with Crippen LogP contribution in [0.5, 0.6) is 11.5 Å². The molecule has 0 saturated carbocycles. The maximum absolute atomic E-state index is 12.1. The van der Waals surface area contributed by atoms with Gasteiger partial charge in [0.2, 0.25) is 5.91 Å². The van der Waals surface area contributed by atoms with Crippen molar-refractivity contribution in [2.24, 2.45) is 0 Å². The third-order valence-corrected chi connectivity index (χ3v) is 3.03. The highest BCUT2D eigenvalue weighted by Crippen LogP contribution is 2.28. The Bertz CT molecular complexity index is 551. The van der Waals surface area contributed by atoms with E-state index in [0.717, 1.165) is 18.6 Å². The number of benzene rings is 1. The largest absolute Gasteiger partial charge is 0.504 e. The van der Waals surface area contributed by atoms with Crippen LogP contribution >= 0.6 is 0 Å². The third kappa shape index (κ3) is 3.80. The van der Waals surface area contributed by atoms with Crippen LogP contribution in [0, 0.1) is 0 Å². The number of halogens is 2. The van der Waals surface area contributed by atoms with E-state index in [2.05, 4.69) is 15.4 Å². The van der Waals surface area contributed by atoms with Gasteiger partial charge in [0.15, 0.2) is 11.5 Å². The van der Waals surface area contributed by atoms with Crippen LogP contribution in [-0.2, 0) is 4.79 Å². The van der Waals surface area contributed by atoms with Crippen molar-refractivity contribution in [3.05, 3.63) is 23.8 Å². The summed E-state index contributed by atoms with van der Waals surface area (Å²) in [5, 5.41) is 14.7. The minimum atomic E-state index is -3.07. The zero-order valence-electron chi connectivity index (χ0n) is 10.9. The van der Waals surface area contributed by atoms with Crippen LogP contribution in [0.2, 0.25) is 0 Å². The number of alkyl halides is 2. The molecule has 1 atom stereocenters. The number of ether oxygens (including phenoxy) is 1. The monoisotopic (exact) mass is 300 g/mol. The number of phenolic OH excluding ortho intramolecular Hbond substituents is 1. The van der Waals surface area contributed by atoms with Gasteiger partial charge in [0.1, 0.15) is 6.04 Å². The molecule has 0 unspecified atom stereocenters. The molecule has 1 heterocycles. The van der Waals surface area contributed by atoms with Crippen LogP contribution in [0.3, 0.4) is 0 Å². The van der Waals surface area contributed by atoms with E-state index < -0.39 is 30.1 Å². The number of amides is 2. The van der Waals surface area contributed by atoms with Crippen LogP contribution < -0.4 is 15.4 Å². The summed E-state index contributed by atoms with van der Waals surface area (Å²) in [6.07, 6.45) is 1.28. The minimum Gasteiger partial charge on any atom is -0.504 e. The first-order valence-electron chi connectivity index (χ1n) is 6.34. The molecule has 1 fully saturated rings. The molecular weight excluding hydrogens is 286 g/mol. The van der Waals surface area contributed by atoms with Crippen molar-refractivity contribution in [2.75, 3.05) is 6.54 Å². The summed E-state index contributed by atoms with van der Waals surface area (Å²) in [7, 11) is 0. The number of rotatable bonds is 4. The number of hydrogen-bond donors (Lipinski definition) is 3. The minimum absolute atomic E-state index is 0.0486. The highest BCUT2D eigenvalue weighted by atomic mass is 19.3. The van der Waals surface area contributed by atoms with Crippen molar-refractivity contribution in [3.8, 4) is 11.5 Å². The predicted molar refractivity (Wildman–Crippen MR) is 68.2 cm³/mol. The topological polar surface area (TPSA) is 87.7 Å². The lowest BCUT2D eigenvalue weighted by atomic mass is 10.1. The highest BCUT2D eigenvalue weighted by molar-refractivity contribution is 5.98. The summed E-state index contributed by atoms with van der Waals surface area (Å²) in [6.45, 7) is -2.49. The maximum atomic E-state index is 12.1. The second kappa shape index (κ2) is 6.38. The second-order valence-electron chi connectivity index (χ2n) is 4.52. The van der Waals surface area contributed by atoms with E-state index in [-0.39, 0.29) is 11.5 Å². The molecular formula is C13H14F2N2O4. The van der Waals surface area contributed by atoms with Gasteiger partial charge in [0.05, 0.1) is 0 Å². The summed E-state index contributed by atoms with van der Waals surface area (Å²) in [5.74, 6) is -1.83. The molecule has 1 saturated heterocycles. The molecule has 2 amide bonds. The first-order chi connectivity index (χ1) is 9.97. The fourth-order valence-corrected chi connectivity index (χ4v) is 2.01. The molecule has 0 aromatic heterocycles. The van der Waals surface area contributed by atoms with Crippen molar-refractivity contribution in [2.45, 2.75) is 25.5 Å². The Morgan fingerprint density at radius 3 is 2.86 bits per heavy atom. The first-order valence-corrected chi connectivity index (χ1v) is 6.34. The van der Waals surface area contributed by atoms with Crippen LogP contribution in [-0.4, -0.2) is 36.1 Å². The Labute approximate surface area is 119 Å². The number of piperidine rings is 1. The van der Waals surface area contributed by atoms with Gasteiger partial charge in [-0.1, -0.05) is 0 Å². The van der Waals surface area contributed by atoms with Crippen LogP contribution in [0.1, 0.15) is 23.2 Å². The summed E-state index contributed by atoms with van der Waals surface area (Å²) in [5.41, 5.74) is 0.0486. The van der Waals surface area contributed by atoms with E-state index in [0.29, 0.717) is 13.0 Å². The van der Waals surface area contributed by atoms with Gasteiger partial charge in [0.25, 0.3) is 5.91 Å². The third-order valence-electron chi connectivity index (χ3n) is 3.03. The normalized spacial score (nSPS) is 18.2. The lowest BCUT2D eigenvalue weighted by Crippen LogP contribution is -2.50. The molecule has 1 aromatic carbocycles. The lowest BCUT2D eigenvalue weighted by molar-refractivity contribution is -0.124. The first kappa shape index (κ1) is 15.0. The molecule has 0 spiro atoms. The number of phenols is 1. The van der Waals surface area contributed by atoms with Crippen molar-refractivity contribution in [3.63, 3.8) is 0 Å². The van der Waals surface area contributed by atoms with Crippen molar-refractivity contribution in [1.29, 1.82) is 0 Å². The number of nitrogens with one attached hydrogen (secondary N) is 2. The average molecular weight is 300 g/mol. The van der Waals surface area contributed by atoms with Gasteiger partial charge in [-0.15, -0.1) is 0 Å². The molecule has 1 aliphatic heterocycles. The van der Waals surface area contributed by atoms with Gasteiger partial charge < -0.3 is 20.5 Å². The maximum Gasteiger partial charge on any atom is 0.387 e. The molecule has 6 nitrogen and oxygen atoms in total. The molecule has 0 aliphatic carbocycles. The summed E-state index contributed by atoms with van der Waals surface area (Å²) in [6, 6.07) is 2.67. The van der Waals surface area contributed by atoms with Gasteiger partial charge >= 0.3 is 6.61 Å². The predicted octanol–water partition coefficient (Wildman–Crippen LogP) is 1.00. The Morgan fingerprint density at radius 1 is 1.48 bits per heavy atom. The van der Waals surface area contributed by atoms with Crippen LogP contribution in [0.25, 0.3) is 0 Å². The SMILES string of the molecule is O=C(N[C@H]1CCCNC1=O)c1ccc(OC(F)F)c(O)c1. The number of aromatic hydroxyl groups is 1. The zero-order chi connectivity index (χ0) is 15.4. The van der Waals surface area contributed by atoms with E-state index in [1.165, 1.54) is 6.07 Å². The van der Waals surface area contributed by atoms with Gasteiger partial charge in [-0.05, 0) is 31.0 Å². The van der Waals surface area contributed by atoms with E-state index in [1.54, 1.807) is 0 Å². The summed E-state index contributed by atoms with van der Waals surface area (Å²) in [4.78, 5) is 23.5. The Hall–Kier alpha value is -2.38. The standard InChI is InChI=1S/C13H14F2N2O4/c14-13(15)21-10-4-3-7(6-9(10)18)11(19)17-8-2-1-5-16-12(8)20/h3-4,6,8,13,18H,1-2,5H2,(H,16,20)(H,17,19)/t8-/m0/s1. The molecule has 1 aliphatic rings. The van der Waals surface area contributed by atoms with Crippen molar-refractivity contribution >= 4 is 11.8 Å². The zero-order valence-corrected chi connectivity index (χ0v) is 10.9. The number of hydrogen-bond acceptors (Lipinski definition) is 4. The molecule has 1 aromatic rings. The highest BCUT2D eigenvalue weighted by Gasteiger charge is 2.24. The fourth-order valence-electron chi connectivity index (χ4n) is 2.01. The molecule has 21 heavy (non-hydrogen) atoms. The van der Waals surface area contributed by atoms with E-state index in [1.807, 2.05) is 0 Å². The molecule has 114 valence electrons. The molecule has 3 N–H and O–H groups in total. The molecule has 8 heteroatoms. The van der Waals surface area contributed by atoms with E-state index in [9.17, 15) is 23.5 Å². The molecule has 0 radical (unpaired) electrons. The smallest absolute Gasteiger partial charge is 0.387 e. The van der Waals surface area contributed by atoms with Crippen molar-refractivity contribution in [1.82, 2.24) is 10.6 Å². The van der Waals surface area contributed by atoms with Crippen molar-refractivity contribution < 1.29 is 28.2 Å². The Kier molecular flexibility index (Phi) is 4.56. The molecule has 2 rings (SSSR count). The fraction of sp³-hybridized carbons (Fsp3) is 0.385. The summed E-state index contributed by atoms with van der Waals surface area (Å²) < 4.78 is 28.2. The molecule has 0 bridgehead atoms. The summed E-state index contributed by atoms with van der Waals surface area (Å²) >= 11 is 0. The number of carbonyl (C=O) groups excluding carboxylic acids is 2. The Morgan fingerprint density at radius 2 is 2.24 bits per heavy atom. The van der Waals surface area contributed by atoms with Crippen LogP contribution in [0.4, 0.5) is 8.78 Å². The average Bonchev–Trinajstić information content (AvgIpc) is 2.43. The van der Waals surface area contributed by atoms with E-state index >= 15 is 0 Å². The van der Waals surface area contributed by atoms with Gasteiger partial charge in [-0.2, -0.15) is 8.78 Å². The van der Waals surface area contributed by atoms with Gasteiger partial charge in [-0.3, -0.25) is 9.59 Å². The quantitative estimate of drug-likeness (QED) is 0.774.